The Balaban J connectivity index is 1.40. The Bertz CT molecular complexity index is 1850. The smallest absolute Gasteiger partial charge is 0.368 e. The topological polar surface area (TPSA) is 106 Å². The van der Waals surface area contributed by atoms with E-state index in [0.29, 0.717) is 38.8 Å². The first-order chi connectivity index (χ1) is 20.4. The molecule has 0 saturated heterocycles. The zero-order valence-electron chi connectivity index (χ0n) is 23.2. The molecule has 0 aliphatic rings. The van der Waals surface area contributed by atoms with Crippen molar-refractivity contribution in [1.29, 1.82) is 0 Å². The predicted octanol–water partition coefficient (Wildman–Crippen LogP) is 6.38. The number of amides is 3. The molecular weight excluding hydrogens is 557 g/mol. The second-order valence-electron chi connectivity index (χ2n) is 10.1. The van der Waals surface area contributed by atoms with Gasteiger partial charge in [0.15, 0.2) is 0 Å². The largest absolute Gasteiger partial charge is 0.416 e. The van der Waals surface area contributed by atoms with E-state index in [9.17, 15) is 27.6 Å². The normalized spacial score (nSPS) is 12.1. The van der Waals surface area contributed by atoms with Crippen LogP contribution in [0.4, 0.5) is 18.9 Å². The quantitative estimate of drug-likeness (QED) is 0.207. The van der Waals surface area contributed by atoms with Gasteiger partial charge in [-0.1, -0.05) is 54.6 Å². The van der Waals surface area contributed by atoms with Crippen molar-refractivity contribution in [2.45, 2.75) is 19.1 Å². The molecule has 7 nitrogen and oxygen atoms in total. The molecule has 1 atom stereocenters. The molecule has 4 aromatic carbocycles. The maximum Gasteiger partial charge on any atom is 0.416 e. The van der Waals surface area contributed by atoms with Crippen LogP contribution in [-0.2, 0) is 18.0 Å². The number of benzene rings is 4. The number of alkyl halides is 3. The van der Waals surface area contributed by atoms with Crippen LogP contribution in [0.2, 0.25) is 0 Å². The number of hydrogen-bond donors (Lipinski definition) is 3. The van der Waals surface area contributed by atoms with E-state index in [1.807, 2.05) is 0 Å². The Morgan fingerprint density at radius 2 is 1.53 bits per heavy atom. The van der Waals surface area contributed by atoms with Crippen molar-refractivity contribution in [3.8, 4) is 11.1 Å². The Hall–Kier alpha value is -5.38. The van der Waals surface area contributed by atoms with E-state index in [1.54, 1.807) is 91.3 Å². The Labute approximate surface area is 245 Å². The zero-order valence-corrected chi connectivity index (χ0v) is 23.2. The molecule has 1 aromatic heterocycles. The fraction of sp³-hybridized carbons (Fsp3) is 0.121. The molecule has 4 N–H and O–H groups in total. The molecule has 3 amide bonds. The van der Waals surface area contributed by atoms with E-state index in [4.69, 9.17) is 5.73 Å². The number of rotatable bonds is 7. The molecule has 1 unspecified atom stereocenters. The van der Waals surface area contributed by atoms with Crippen LogP contribution in [0.3, 0.4) is 0 Å². The van der Waals surface area contributed by atoms with Gasteiger partial charge in [0.25, 0.3) is 11.8 Å². The van der Waals surface area contributed by atoms with Crippen LogP contribution in [0.25, 0.3) is 22.0 Å². The van der Waals surface area contributed by atoms with Crippen molar-refractivity contribution in [3.05, 3.63) is 125 Å². The Morgan fingerprint density at radius 3 is 2.19 bits per heavy atom. The first-order valence-electron chi connectivity index (χ1n) is 13.3. The maximum absolute atomic E-state index is 13.4. The summed E-state index contributed by atoms with van der Waals surface area (Å²) in [5, 5.41) is 6.21. The van der Waals surface area contributed by atoms with Gasteiger partial charge in [0.05, 0.1) is 5.56 Å². The van der Waals surface area contributed by atoms with Gasteiger partial charge in [0, 0.05) is 29.2 Å². The van der Waals surface area contributed by atoms with Crippen molar-refractivity contribution in [2.75, 3.05) is 5.32 Å². The third kappa shape index (κ3) is 5.99. The molecule has 1 heterocycles. The number of halogens is 3. The zero-order chi connectivity index (χ0) is 30.9. The Kier molecular flexibility index (Phi) is 7.78. The fourth-order valence-electron chi connectivity index (χ4n) is 5.08. The van der Waals surface area contributed by atoms with Crippen LogP contribution in [0.15, 0.2) is 97.1 Å². The third-order valence-corrected chi connectivity index (χ3v) is 7.24. The summed E-state index contributed by atoms with van der Waals surface area (Å²) in [5.41, 5.74) is 8.81. The van der Waals surface area contributed by atoms with Gasteiger partial charge in [0.2, 0.25) is 5.91 Å². The van der Waals surface area contributed by atoms with Gasteiger partial charge in [-0.2, -0.15) is 13.2 Å². The number of carbonyl (C=O) groups excluding carboxylic acids is 3. The summed E-state index contributed by atoms with van der Waals surface area (Å²) in [5.74, 6) is -1.65. The van der Waals surface area contributed by atoms with Crippen molar-refractivity contribution in [2.24, 2.45) is 12.8 Å². The minimum absolute atomic E-state index is 0.281. The maximum atomic E-state index is 13.4. The number of aromatic nitrogens is 1. The predicted molar refractivity (Wildman–Crippen MR) is 158 cm³/mol. The highest BCUT2D eigenvalue weighted by Gasteiger charge is 2.30. The lowest BCUT2D eigenvalue weighted by molar-refractivity contribution is -0.137. The van der Waals surface area contributed by atoms with E-state index >= 15 is 0 Å². The summed E-state index contributed by atoms with van der Waals surface area (Å²) < 4.78 is 40.9. The molecule has 5 aromatic rings. The molecule has 5 rings (SSSR count). The number of aryl methyl sites for hydroxylation is 2. The molecule has 0 fully saturated rings. The first-order valence-corrected chi connectivity index (χ1v) is 13.3. The number of nitrogens with two attached hydrogens (primary N) is 1. The van der Waals surface area contributed by atoms with Crippen molar-refractivity contribution >= 4 is 34.3 Å². The van der Waals surface area contributed by atoms with Crippen LogP contribution in [0.1, 0.15) is 43.6 Å². The lowest BCUT2D eigenvalue weighted by Crippen LogP contribution is -2.38. The standard InChI is InChI=1S/C33H27F3N4O3/c1-19-7-6-10-25(28(19)20-11-13-23(14-12-20)33(34,35)36)31(42)38-24-15-16-26-22(17-24)18-27(40(26)2)32(43)39-29(30(37)41)21-8-4-3-5-9-21/h3-18,29H,1-2H3,(H2,37,41)(H,38,42)(H,39,43). The van der Waals surface area contributed by atoms with E-state index in [2.05, 4.69) is 10.6 Å². The third-order valence-electron chi connectivity index (χ3n) is 7.24. The second kappa shape index (κ2) is 11.5. The molecule has 0 radical (unpaired) electrons. The van der Waals surface area contributed by atoms with Crippen LogP contribution in [0.5, 0.6) is 0 Å². The summed E-state index contributed by atoms with van der Waals surface area (Å²) >= 11 is 0. The van der Waals surface area contributed by atoms with Gasteiger partial charge in [-0.3, -0.25) is 14.4 Å². The summed E-state index contributed by atoms with van der Waals surface area (Å²) in [4.78, 5) is 38.7. The van der Waals surface area contributed by atoms with Gasteiger partial charge < -0.3 is 20.9 Å². The first kappa shape index (κ1) is 29.1. The lowest BCUT2D eigenvalue weighted by Gasteiger charge is -2.16. The minimum Gasteiger partial charge on any atom is -0.368 e. The van der Waals surface area contributed by atoms with Gasteiger partial charge >= 0.3 is 6.18 Å². The monoisotopic (exact) mass is 584 g/mol. The number of carbonyl (C=O) groups is 3. The highest BCUT2D eigenvalue weighted by atomic mass is 19.4. The summed E-state index contributed by atoms with van der Waals surface area (Å²) in [6.07, 6.45) is -4.47. The highest BCUT2D eigenvalue weighted by molar-refractivity contribution is 6.10. The summed E-state index contributed by atoms with van der Waals surface area (Å²) in [6.45, 7) is 1.78. The molecule has 218 valence electrons. The van der Waals surface area contributed by atoms with Crippen LogP contribution < -0.4 is 16.4 Å². The van der Waals surface area contributed by atoms with Gasteiger partial charge in [-0.05, 0) is 71.6 Å². The fourth-order valence-corrected chi connectivity index (χ4v) is 5.08. The molecule has 0 spiro atoms. The molecular formula is C33H27F3N4O3. The molecule has 0 saturated carbocycles. The molecule has 0 aliphatic carbocycles. The second-order valence-corrected chi connectivity index (χ2v) is 10.1. The molecule has 10 heteroatoms. The van der Waals surface area contributed by atoms with Crippen molar-refractivity contribution < 1.29 is 27.6 Å². The molecule has 43 heavy (non-hydrogen) atoms. The number of hydrogen-bond acceptors (Lipinski definition) is 3. The van der Waals surface area contributed by atoms with Gasteiger partial charge in [-0.25, -0.2) is 0 Å². The number of primary amides is 1. The van der Waals surface area contributed by atoms with E-state index < -0.39 is 35.5 Å². The summed E-state index contributed by atoms with van der Waals surface area (Å²) in [6, 6.07) is 24.2. The number of anilines is 1. The van der Waals surface area contributed by atoms with Crippen molar-refractivity contribution in [1.82, 2.24) is 9.88 Å². The highest BCUT2D eigenvalue weighted by Crippen LogP contribution is 2.33. The van der Waals surface area contributed by atoms with Gasteiger partial charge in [-0.15, -0.1) is 0 Å². The average molecular weight is 585 g/mol. The Morgan fingerprint density at radius 1 is 0.837 bits per heavy atom. The average Bonchev–Trinajstić information content (AvgIpc) is 3.31. The molecule has 0 bridgehead atoms. The van der Waals surface area contributed by atoms with E-state index in [0.717, 1.165) is 17.7 Å². The number of nitrogens with one attached hydrogen (secondary N) is 2. The van der Waals surface area contributed by atoms with Crippen LogP contribution in [0, 0.1) is 6.92 Å². The minimum atomic E-state index is -4.47. The lowest BCUT2D eigenvalue weighted by atomic mass is 9.94. The van der Waals surface area contributed by atoms with Crippen LogP contribution >= 0.6 is 0 Å². The van der Waals surface area contributed by atoms with Crippen LogP contribution in [-0.4, -0.2) is 22.3 Å². The SMILES string of the molecule is Cc1cccc(C(=O)Nc2ccc3c(c2)cc(C(=O)NC(C(N)=O)c2ccccc2)n3C)c1-c1ccc(C(F)(F)F)cc1. The van der Waals surface area contributed by atoms with E-state index in [1.165, 1.54) is 12.1 Å². The molecule has 0 aliphatic heterocycles. The summed E-state index contributed by atoms with van der Waals surface area (Å²) in [7, 11) is 1.71. The number of fused-ring (bicyclic) bond motifs is 1. The van der Waals surface area contributed by atoms with E-state index in [-0.39, 0.29) is 5.69 Å². The van der Waals surface area contributed by atoms with Crippen molar-refractivity contribution in [3.63, 3.8) is 0 Å². The number of nitrogens with zero attached hydrogens (tertiary/aromatic N) is 1. The van der Waals surface area contributed by atoms with Gasteiger partial charge in [0.1, 0.15) is 11.7 Å².